The molecule has 2 aromatic heterocycles. The summed E-state index contributed by atoms with van der Waals surface area (Å²) in [6.45, 7) is 1.90. The third-order valence-electron chi connectivity index (χ3n) is 3.62. The van der Waals surface area contributed by atoms with E-state index in [2.05, 4.69) is 9.97 Å². The summed E-state index contributed by atoms with van der Waals surface area (Å²) in [6, 6.07) is 12.4. The maximum absolute atomic E-state index is 12.1. The minimum Gasteiger partial charge on any atom is -0.261 e. The van der Waals surface area contributed by atoms with Crippen molar-refractivity contribution < 1.29 is 8.42 Å². The van der Waals surface area contributed by atoms with Crippen LogP contribution in [0.3, 0.4) is 0 Å². The molecule has 0 fully saturated rings. The molecule has 2 heterocycles. The number of hydrogen-bond acceptors (Lipinski definition) is 4. The van der Waals surface area contributed by atoms with Gasteiger partial charge in [0.15, 0.2) is 9.84 Å². The number of aryl methyl sites for hydroxylation is 1. The van der Waals surface area contributed by atoms with E-state index in [1.54, 1.807) is 42.7 Å². The van der Waals surface area contributed by atoms with Crippen LogP contribution in [0.1, 0.15) is 5.69 Å². The molecule has 0 aliphatic carbocycles. The summed E-state index contributed by atoms with van der Waals surface area (Å²) < 4.78 is 24.3. The van der Waals surface area contributed by atoms with E-state index in [1.807, 2.05) is 19.1 Å². The average Bonchev–Trinajstić information content (AvgIpc) is 2.55. The van der Waals surface area contributed by atoms with Gasteiger partial charge in [0, 0.05) is 41.0 Å². The zero-order valence-electron chi connectivity index (χ0n) is 13.2. The standard InChI is InChI=1S/C18H15ClN2O2S/c1-12-7-8-13(10-20-12)18-16(9-14(19)11-21-18)15-5-3-4-6-17(15)24(2,22)23/h3-11H,1-2H3. The van der Waals surface area contributed by atoms with Gasteiger partial charge in [-0.25, -0.2) is 8.42 Å². The second kappa shape index (κ2) is 6.34. The Hall–Kier alpha value is -2.24. The van der Waals surface area contributed by atoms with Crippen molar-refractivity contribution in [1.29, 1.82) is 0 Å². The van der Waals surface area contributed by atoms with E-state index < -0.39 is 9.84 Å². The number of halogens is 1. The summed E-state index contributed by atoms with van der Waals surface area (Å²) in [4.78, 5) is 8.95. The monoisotopic (exact) mass is 358 g/mol. The lowest BCUT2D eigenvalue weighted by Crippen LogP contribution is -2.01. The molecule has 0 saturated carbocycles. The third-order valence-corrected chi connectivity index (χ3v) is 4.98. The Morgan fingerprint density at radius 3 is 2.38 bits per heavy atom. The molecule has 0 N–H and O–H groups in total. The van der Waals surface area contributed by atoms with Gasteiger partial charge in [0.05, 0.1) is 15.6 Å². The zero-order valence-corrected chi connectivity index (χ0v) is 14.8. The third kappa shape index (κ3) is 3.32. The number of benzene rings is 1. The number of pyridine rings is 2. The van der Waals surface area contributed by atoms with Gasteiger partial charge in [-0.3, -0.25) is 9.97 Å². The van der Waals surface area contributed by atoms with Crippen molar-refractivity contribution >= 4 is 21.4 Å². The Labute approximate surface area is 146 Å². The van der Waals surface area contributed by atoms with Gasteiger partial charge in [0.2, 0.25) is 0 Å². The van der Waals surface area contributed by atoms with Crippen LogP contribution in [0, 0.1) is 6.92 Å². The molecule has 3 rings (SSSR count). The predicted octanol–water partition coefficient (Wildman–Crippen LogP) is 4.18. The van der Waals surface area contributed by atoms with Gasteiger partial charge in [0.1, 0.15) is 0 Å². The van der Waals surface area contributed by atoms with Gasteiger partial charge in [-0.1, -0.05) is 29.8 Å². The SMILES string of the molecule is Cc1ccc(-c2ncc(Cl)cc2-c2ccccc2S(C)(=O)=O)cn1. The van der Waals surface area contributed by atoms with E-state index >= 15 is 0 Å². The lowest BCUT2D eigenvalue weighted by molar-refractivity contribution is 0.602. The van der Waals surface area contributed by atoms with Gasteiger partial charge < -0.3 is 0 Å². The fourth-order valence-electron chi connectivity index (χ4n) is 2.49. The van der Waals surface area contributed by atoms with E-state index in [1.165, 1.54) is 6.26 Å². The summed E-state index contributed by atoms with van der Waals surface area (Å²) in [5.41, 5.74) is 3.57. The van der Waals surface area contributed by atoms with Crippen LogP contribution in [0.4, 0.5) is 0 Å². The highest BCUT2D eigenvalue weighted by Gasteiger charge is 2.18. The normalized spacial score (nSPS) is 11.5. The summed E-state index contributed by atoms with van der Waals surface area (Å²) in [6.07, 6.45) is 4.46. The smallest absolute Gasteiger partial charge is 0.176 e. The van der Waals surface area contributed by atoms with Gasteiger partial charge in [-0.05, 0) is 31.2 Å². The van der Waals surface area contributed by atoms with Crippen LogP contribution in [0.25, 0.3) is 22.4 Å². The van der Waals surface area contributed by atoms with Crippen molar-refractivity contribution in [3.63, 3.8) is 0 Å². The molecular formula is C18H15ClN2O2S. The van der Waals surface area contributed by atoms with Gasteiger partial charge in [0.25, 0.3) is 0 Å². The van der Waals surface area contributed by atoms with Crippen LogP contribution < -0.4 is 0 Å². The van der Waals surface area contributed by atoms with Crippen molar-refractivity contribution in [1.82, 2.24) is 9.97 Å². The second-order valence-electron chi connectivity index (χ2n) is 5.51. The molecule has 4 nitrogen and oxygen atoms in total. The lowest BCUT2D eigenvalue weighted by Gasteiger charge is -2.13. The first-order valence-electron chi connectivity index (χ1n) is 7.24. The minimum atomic E-state index is -3.39. The van der Waals surface area contributed by atoms with E-state index in [0.717, 1.165) is 11.3 Å². The van der Waals surface area contributed by atoms with Crippen LogP contribution in [0.5, 0.6) is 0 Å². The van der Waals surface area contributed by atoms with Crippen LogP contribution in [-0.2, 0) is 9.84 Å². The highest BCUT2D eigenvalue weighted by molar-refractivity contribution is 7.90. The molecule has 1 aromatic carbocycles. The van der Waals surface area contributed by atoms with Crippen LogP contribution >= 0.6 is 11.6 Å². The van der Waals surface area contributed by atoms with Crippen LogP contribution in [0.15, 0.2) is 59.8 Å². The van der Waals surface area contributed by atoms with Gasteiger partial charge in [-0.15, -0.1) is 0 Å². The van der Waals surface area contributed by atoms with Crippen molar-refractivity contribution in [2.75, 3.05) is 6.26 Å². The van der Waals surface area contributed by atoms with Crippen molar-refractivity contribution in [2.24, 2.45) is 0 Å². The Morgan fingerprint density at radius 2 is 1.71 bits per heavy atom. The van der Waals surface area contributed by atoms with Crippen LogP contribution in [0.2, 0.25) is 5.02 Å². The van der Waals surface area contributed by atoms with Crippen LogP contribution in [-0.4, -0.2) is 24.6 Å². The molecule has 0 radical (unpaired) electrons. The number of sulfone groups is 1. The van der Waals surface area contributed by atoms with Gasteiger partial charge in [-0.2, -0.15) is 0 Å². The predicted molar refractivity (Wildman–Crippen MR) is 95.8 cm³/mol. The van der Waals surface area contributed by atoms with E-state index in [9.17, 15) is 8.42 Å². The molecule has 0 amide bonds. The molecule has 122 valence electrons. The fraction of sp³-hybridized carbons (Fsp3) is 0.111. The highest BCUT2D eigenvalue weighted by atomic mass is 35.5. The summed E-state index contributed by atoms with van der Waals surface area (Å²) in [5.74, 6) is 0. The number of rotatable bonds is 3. The first kappa shape index (κ1) is 16.6. The zero-order chi connectivity index (χ0) is 17.3. The molecule has 0 spiro atoms. The Morgan fingerprint density at radius 1 is 0.958 bits per heavy atom. The molecule has 0 atom stereocenters. The fourth-order valence-corrected chi connectivity index (χ4v) is 3.56. The molecule has 3 aromatic rings. The van der Waals surface area contributed by atoms with Crippen molar-refractivity contribution in [3.8, 4) is 22.4 Å². The molecule has 0 aliphatic rings. The first-order chi connectivity index (χ1) is 11.4. The largest absolute Gasteiger partial charge is 0.261 e. The number of nitrogens with zero attached hydrogens (tertiary/aromatic N) is 2. The molecule has 0 aliphatic heterocycles. The number of hydrogen-bond donors (Lipinski definition) is 0. The van der Waals surface area contributed by atoms with E-state index in [4.69, 9.17) is 11.6 Å². The first-order valence-corrected chi connectivity index (χ1v) is 9.51. The Kier molecular flexibility index (Phi) is 4.39. The highest BCUT2D eigenvalue weighted by Crippen LogP contribution is 2.35. The maximum atomic E-state index is 12.1. The van der Waals surface area contributed by atoms with Crippen molar-refractivity contribution in [3.05, 3.63) is 65.6 Å². The van der Waals surface area contributed by atoms with Gasteiger partial charge >= 0.3 is 0 Å². The molecular weight excluding hydrogens is 344 g/mol. The molecule has 0 unspecified atom stereocenters. The molecule has 0 bridgehead atoms. The second-order valence-corrected chi connectivity index (χ2v) is 7.93. The van der Waals surface area contributed by atoms with E-state index in [0.29, 0.717) is 21.8 Å². The summed E-state index contributed by atoms with van der Waals surface area (Å²) in [7, 11) is -3.39. The summed E-state index contributed by atoms with van der Waals surface area (Å²) >= 11 is 6.12. The quantitative estimate of drug-likeness (QED) is 0.704. The molecule has 6 heteroatoms. The van der Waals surface area contributed by atoms with Crippen molar-refractivity contribution in [2.45, 2.75) is 11.8 Å². The number of aromatic nitrogens is 2. The lowest BCUT2D eigenvalue weighted by atomic mass is 10.00. The molecule has 0 saturated heterocycles. The minimum absolute atomic E-state index is 0.246. The summed E-state index contributed by atoms with van der Waals surface area (Å²) in [5, 5.41) is 0.442. The van der Waals surface area contributed by atoms with E-state index in [-0.39, 0.29) is 4.90 Å². The topological polar surface area (TPSA) is 59.9 Å². The average molecular weight is 359 g/mol. The Bertz CT molecular complexity index is 1000. The molecule has 24 heavy (non-hydrogen) atoms. The Balaban J connectivity index is 2.30. The maximum Gasteiger partial charge on any atom is 0.176 e.